The molecule has 1 N–H and O–H groups in total. The number of rotatable bonds is 3. The van der Waals surface area contributed by atoms with Crippen molar-refractivity contribution in [1.29, 1.82) is 0 Å². The van der Waals surface area contributed by atoms with Gasteiger partial charge in [-0.25, -0.2) is 0 Å². The Bertz CT molecular complexity index is 976. The van der Waals surface area contributed by atoms with Gasteiger partial charge in [-0.2, -0.15) is 0 Å². The van der Waals surface area contributed by atoms with E-state index in [2.05, 4.69) is 0 Å². The highest BCUT2D eigenvalue weighted by molar-refractivity contribution is 5.98. The van der Waals surface area contributed by atoms with Gasteiger partial charge in [-0.15, -0.1) is 0 Å². The number of likely N-dealkylation sites (tertiary alicyclic amines) is 1. The van der Waals surface area contributed by atoms with Crippen LogP contribution in [0.25, 0.3) is 6.08 Å². The third kappa shape index (κ3) is 2.93. The Hall–Kier alpha value is -3.21. The number of ether oxygens (including phenoxy) is 2. The van der Waals surface area contributed by atoms with Crippen LogP contribution < -0.4 is 9.47 Å². The van der Waals surface area contributed by atoms with Gasteiger partial charge in [0.15, 0.2) is 5.72 Å². The van der Waals surface area contributed by atoms with E-state index in [0.717, 1.165) is 22.6 Å². The van der Waals surface area contributed by atoms with E-state index < -0.39 is 5.72 Å². The Morgan fingerprint density at radius 2 is 1.96 bits per heavy atom. The molecule has 0 aromatic heterocycles. The summed E-state index contributed by atoms with van der Waals surface area (Å²) in [5.41, 5.74) is 1.52. The Balaban J connectivity index is 1.74. The minimum atomic E-state index is -0.723. The molecule has 28 heavy (non-hydrogen) atoms. The van der Waals surface area contributed by atoms with Crippen molar-refractivity contribution in [2.24, 2.45) is 0 Å². The lowest BCUT2D eigenvalue weighted by atomic mass is 9.77. The van der Waals surface area contributed by atoms with Crippen LogP contribution in [0.2, 0.25) is 0 Å². The molecular weight excluding hydrogens is 354 g/mol. The van der Waals surface area contributed by atoms with Crippen molar-refractivity contribution in [3.05, 3.63) is 77.1 Å². The summed E-state index contributed by atoms with van der Waals surface area (Å²) in [4.78, 5) is 14.6. The largest absolute Gasteiger partial charge is 0.507 e. The molecule has 2 aliphatic rings. The van der Waals surface area contributed by atoms with Crippen LogP contribution in [0.1, 0.15) is 30.4 Å². The molecule has 2 atom stereocenters. The van der Waals surface area contributed by atoms with Crippen LogP contribution in [0.15, 0.2) is 65.9 Å². The van der Waals surface area contributed by atoms with E-state index in [1.165, 1.54) is 0 Å². The van der Waals surface area contributed by atoms with Gasteiger partial charge in [-0.1, -0.05) is 36.4 Å². The maximum Gasteiger partial charge on any atom is 0.256 e. The molecule has 0 radical (unpaired) electrons. The third-order valence-electron chi connectivity index (χ3n) is 5.63. The number of nitrogens with zero attached hydrogens (tertiary/aromatic N) is 1. The van der Waals surface area contributed by atoms with Crippen molar-refractivity contribution in [3.8, 4) is 11.5 Å². The van der Waals surface area contributed by atoms with Crippen LogP contribution in [0, 0.1) is 0 Å². The lowest BCUT2D eigenvalue weighted by Gasteiger charge is -2.49. The molecular formula is C23H23NO4. The van der Waals surface area contributed by atoms with Gasteiger partial charge in [0.1, 0.15) is 17.3 Å². The Labute approximate surface area is 164 Å². The number of methoxy groups -OCH3 is 1. The lowest BCUT2D eigenvalue weighted by Crippen LogP contribution is -2.59. The molecule has 2 aliphatic heterocycles. The van der Waals surface area contributed by atoms with Crippen LogP contribution in [0.4, 0.5) is 0 Å². The average molecular weight is 377 g/mol. The number of amides is 1. The summed E-state index contributed by atoms with van der Waals surface area (Å²) in [5, 5.41) is 10.8. The molecule has 2 unspecified atom stereocenters. The second-order valence-corrected chi connectivity index (χ2v) is 7.34. The van der Waals surface area contributed by atoms with Crippen molar-refractivity contribution in [3.63, 3.8) is 0 Å². The fourth-order valence-electron chi connectivity index (χ4n) is 3.90. The first kappa shape index (κ1) is 18.2. The van der Waals surface area contributed by atoms with Gasteiger partial charge >= 0.3 is 0 Å². The molecule has 144 valence electrons. The fourth-order valence-corrected chi connectivity index (χ4v) is 3.90. The Kier molecular flexibility index (Phi) is 4.38. The van der Waals surface area contributed by atoms with Crippen molar-refractivity contribution >= 4 is 12.0 Å². The van der Waals surface area contributed by atoms with E-state index in [0.29, 0.717) is 12.0 Å². The van der Waals surface area contributed by atoms with Crippen molar-refractivity contribution in [1.82, 2.24) is 4.90 Å². The third-order valence-corrected chi connectivity index (χ3v) is 5.63. The number of aliphatic hydroxyl groups is 1. The van der Waals surface area contributed by atoms with E-state index in [1.807, 2.05) is 55.5 Å². The monoisotopic (exact) mass is 377 g/mol. The van der Waals surface area contributed by atoms with Gasteiger partial charge < -0.3 is 19.5 Å². The van der Waals surface area contributed by atoms with Gasteiger partial charge in [-0.05, 0) is 36.8 Å². The first-order chi connectivity index (χ1) is 13.4. The summed E-state index contributed by atoms with van der Waals surface area (Å²) in [6.07, 6.45) is 3.97. The highest BCUT2D eigenvalue weighted by Crippen LogP contribution is 2.49. The summed E-state index contributed by atoms with van der Waals surface area (Å²) in [6, 6.07) is 15.2. The van der Waals surface area contributed by atoms with Crippen LogP contribution in [-0.4, -0.2) is 35.8 Å². The van der Waals surface area contributed by atoms with Gasteiger partial charge in [0, 0.05) is 24.9 Å². The molecule has 4 rings (SSSR count). The number of fused-ring (bicyclic) bond motifs is 4. The number of hydrogen-bond acceptors (Lipinski definition) is 4. The highest BCUT2D eigenvalue weighted by atomic mass is 16.5. The summed E-state index contributed by atoms with van der Waals surface area (Å²) in [5.74, 6) is 1.08. The molecule has 0 saturated carbocycles. The van der Waals surface area contributed by atoms with Gasteiger partial charge in [-0.3, -0.25) is 4.79 Å². The van der Waals surface area contributed by atoms with Crippen molar-refractivity contribution in [2.45, 2.75) is 25.0 Å². The number of benzene rings is 2. The van der Waals surface area contributed by atoms with E-state index in [9.17, 15) is 9.90 Å². The number of hydrogen-bond donors (Lipinski definition) is 1. The molecule has 2 aromatic rings. The van der Waals surface area contributed by atoms with Gasteiger partial charge in [0.25, 0.3) is 5.91 Å². The number of allylic oxidation sites excluding steroid dienone is 1. The molecule has 2 aromatic carbocycles. The minimum absolute atomic E-state index is 0.0172. The van der Waals surface area contributed by atoms with Crippen LogP contribution >= 0.6 is 0 Å². The van der Waals surface area contributed by atoms with Crippen LogP contribution in [-0.2, 0) is 4.79 Å². The average Bonchev–Trinajstić information content (AvgIpc) is 2.71. The molecule has 5 nitrogen and oxygen atoms in total. The smallest absolute Gasteiger partial charge is 0.256 e. The van der Waals surface area contributed by atoms with E-state index >= 15 is 0 Å². The van der Waals surface area contributed by atoms with Crippen molar-refractivity contribution in [2.75, 3.05) is 14.2 Å². The van der Waals surface area contributed by atoms with Crippen molar-refractivity contribution < 1.29 is 19.4 Å². The zero-order chi connectivity index (χ0) is 19.9. The summed E-state index contributed by atoms with van der Waals surface area (Å²) >= 11 is 0. The molecule has 1 amide bonds. The van der Waals surface area contributed by atoms with Crippen LogP contribution in [0.5, 0.6) is 11.5 Å². The van der Waals surface area contributed by atoms with Gasteiger partial charge in [0.2, 0.25) is 0 Å². The molecule has 0 spiro atoms. The molecule has 1 fully saturated rings. The zero-order valence-corrected chi connectivity index (χ0v) is 16.2. The second kappa shape index (κ2) is 6.75. The highest BCUT2D eigenvalue weighted by Gasteiger charge is 2.50. The standard InChI is InChI=1S/C23H23NO4/c1-23-14-18(17-6-4-5-7-20(17)28-23)21(22(26)24(23)2)19(25)13-10-15-8-11-16(27-3)12-9-15/h4-13,18,25H,14H2,1-3H3. The predicted molar refractivity (Wildman–Crippen MR) is 107 cm³/mol. The number of likely N-dealkylation sites (N-methyl/N-ethyl adjacent to an activating group) is 1. The number of piperidine rings is 1. The summed E-state index contributed by atoms with van der Waals surface area (Å²) < 4.78 is 11.3. The normalized spacial score (nSPS) is 25.3. The molecule has 5 heteroatoms. The van der Waals surface area contributed by atoms with Gasteiger partial charge in [0.05, 0.1) is 12.7 Å². The summed E-state index contributed by atoms with van der Waals surface area (Å²) in [6.45, 7) is 1.91. The maximum atomic E-state index is 13.1. The number of aliphatic hydroxyl groups excluding tert-OH is 1. The molecule has 2 bridgehead atoms. The minimum Gasteiger partial charge on any atom is -0.507 e. The molecule has 0 aliphatic carbocycles. The first-order valence-corrected chi connectivity index (χ1v) is 9.24. The zero-order valence-electron chi connectivity index (χ0n) is 16.2. The number of carbonyl (C=O) groups is 1. The first-order valence-electron chi connectivity index (χ1n) is 9.24. The van der Waals surface area contributed by atoms with E-state index in [-0.39, 0.29) is 17.6 Å². The number of carbonyl (C=O) groups excluding carboxylic acids is 1. The Morgan fingerprint density at radius 3 is 2.68 bits per heavy atom. The fraction of sp³-hybridized carbons (Fsp3) is 0.261. The topological polar surface area (TPSA) is 59.0 Å². The predicted octanol–water partition coefficient (Wildman–Crippen LogP) is 4.28. The second-order valence-electron chi connectivity index (χ2n) is 7.34. The quantitative estimate of drug-likeness (QED) is 0.641. The molecule has 2 heterocycles. The number of para-hydroxylation sites is 1. The maximum absolute atomic E-state index is 13.1. The van der Waals surface area contributed by atoms with E-state index in [1.54, 1.807) is 31.2 Å². The summed E-state index contributed by atoms with van der Waals surface area (Å²) in [7, 11) is 3.33. The SMILES string of the molecule is COc1ccc(C=CC(O)=C2C(=O)N(C)C3(C)CC2c2ccccc2O3)cc1. The van der Waals surface area contributed by atoms with Crippen LogP contribution in [0.3, 0.4) is 0 Å². The lowest BCUT2D eigenvalue weighted by molar-refractivity contribution is -0.153. The Morgan fingerprint density at radius 1 is 1.25 bits per heavy atom. The van der Waals surface area contributed by atoms with E-state index in [4.69, 9.17) is 9.47 Å². The molecule has 1 saturated heterocycles.